The molecule has 132 valence electrons. The second-order valence-electron chi connectivity index (χ2n) is 5.31. The number of rotatable bonds is 5. The number of benzene rings is 2. The van der Waals surface area contributed by atoms with Gasteiger partial charge >= 0.3 is 0 Å². The van der Waals surface area contributed by atoms with E-state index in [1.165, 1.54) is 24.1 Å². The molecule has 1 N–H and O–H groups in total. The van der Waals surface area contributed by atoms with Gasteiger partial charge in [0, 0.05) is 18.0 Å². The minimum absolute atomic E-state index is 0.0702. The number of hydrogen-bond acceptors (Lipinski definition) is 5. The predicted octanol–water partition coefficient (Wildman–Crippen LogP) is 2.50. The van der Waals surface area contributed by atoms with Crippen LogP contribution in [0.1, 0.15) is 10.4 Å². The molecule has 0 aliphatic heterocycles. The van der Waals surface area contributed by atoms with Crippen molar-refractivity contribution in [2.75, 3.05) is 19.5 Å². The van der Waals surface area contributed by atoms with E-state index in [4.69, 9.17) is 9.47 Å². The Balaban J connectivity index is 1.92. The average molecular weight is 351 g/mol. The van der Waals surface area contributed by atoms with Crippen LogP contribution < -0.4 is 20.3 Å². The van der Waals surface area contributed by atoms with Crippen LogP contribution in [0.25, 0.3) is 5.69 Å². The Morgan fingerprint density at radius 2 is 1.77 bits per heavy atom. The number of ether oxygens (including phenoxy) is 2. The Bertz CT molecular complexity index is 981. The third-order valence-electron chi connectivity index (χ3n) is 3.77. The first-order valence-electron chi connectivity index (χ1n) is 7.80. The van der Waals surface area contributed by atoms with Crippen LogP contribution in [0.15, 0.2) is 65.7 Å². The molecule has 26 heavy (non-hydrogen) atoms. The number of anilines is 1. The van der Waals surface area contributed by atoms with E-state index in [0.717, 1.165) is 0 Å². The second-order valence-corrected chi connectivity index (χ2v) is 5.31. The summed E-state index contributed by atoms with van der Waals surface area (Å²) in [6.07, 6.45) is 2.96. The number of para-hydroxylation sites is 2. The van der Waals surface area contributed by atoms with Crippen molar-refractivity contribution >= 4 is 11.7 Å². The van der Waals surface area contributed by atoms with Gasteiger partial charge in [-0.1, -0.05) is 12.1 Å². The minimum Gasteiger partial charge on any atom is -0.497 e. The first kappa shape index (κ1) is 17.2. The Labute approximate surface area is 149 Å². The lowest BCUT2D eigenvalue weighted by Gasteiger charge is -2.12. The van der Waals surface area contributed by atoms with Gasteiger partial charge in [-0.15, -0.1) is 0 Å². The van der Waals surface area contributed by atoms with Gasteiger partial charge in [0.05, 0.1) is 19.9 Å². The lowest BCUT2D eigenvalue weighted by atomic mass is 10.2. The topological polar surface area (TPSA) is 82.4 Å². The number of carbonyl (C=O) groups is 1. The van der Waals surface area contributed by atoms with Crippen molar-refractivity contribution < 1.29 is 14.3 Å². The zero-order valence-corrected chi connectivity index (χ0v) is 14.3. The molecule has 7 heteroatoms. The van der Waals surface area contributed by atoms with Crippen molar-refractivity contribution in [3.05, 3.63) is 76.8 Å². The van der Waals surface area contributed by atoms with Crippen molar-refractivity contribution in [3.8, 4) is 17.2 Å². The van der Waals surface area contributed by atoms with Crippen LogP contribution in [-0.4, -0.2) is 29.7 Å². The minimum atomic E-state index is -0.459. The molecule has 0 atom stereocenters. The molecule has 0 aliphatic carbocycles. The van der Waals surface area contributed by atoms with Crippen LogP contribution in [0.2, 0.25) is 0 Å². The summed E-state index contributed by atoms with van der Waals surface area (Å²) in [6.45, 7) is 0. The van der Waals surface area contributed by atoms with Crippen molar-refractivity contribution in [2.45, 2.75) is 0 Å². The Kier molecular flexibility index (Phi) is 4.98. The third-order valence-corrected chi connectivity index (χ3v) is 3.77. The van der Waals surface area contributed by atoms with Gasteiger partial charge in [0.25, 0.3) is 11.5 Å². The smallest absolute Gasteiger partial charge is 0.298 e. The molecule has 0 bridgehead atoms. The van der Waals surface area contributed by atoms with E-state index in [9.17, 15) is 9.59 Å². The predicted molar refractivity (Wildman–Crippen MR) is 97.3 cm³/mol. The fraction of sp³-hybridized carbons (Fsp3) is 0.105. The summed E-state index contributed by atoms with van der Waals surface area (Å²) in [6, 6.07) is 13.6. The highest BCUT2D eigenvalue weighted by Crippen LogP contribution is 2.20. The Hall–Kier alpha value is -3.61. The highest BCUT2D eigenvalue weighted by Gasteiger charge is 2.13. The quantitative estimate of drug-likeness (QED) is 0.764. The maximum atomic E-state index is 12.7. The molecular formula is C19H17N3O4. The standard InChI is InChI=1S/C19H17N3O4/c1-25-14-9-7-13(8-10-14)18(23)21-17-19(24)22(12-11-20-17)15-5-3-4-6-16(15)26-2/h3-12H,1-2H3,(H,20,21,23). The fourth-order valence-electron chi connectivity index (χ4n) is 2.44. The summed E-state index contributed by atoms with van der Waals surface area (Å²) >= 11 is 0. The summed E-state index contributed by atoms with van der Waals surface area (Å²) in [5, 5.41) is 2.55. The van der Waals surface area contributed by atoms with Crippen molar-refractivity contribution in [2.24, 2.45) is 0 Å². The normalized spacial score (nSPS) is 10.2. The number of hydrogen-bond donors (Lipinski definition) is 1. The van der Waals surface area contributed by atoms with Gasteiger partial charge < -0.3 is 14.8 Å². The van der Waals surface area contributed by atoms with Crippen LogP contribution >= 0.6 is 0 Å². The van der Waals surface area contributed by atoms with E-state index in [1.807, 2.05) is 0 Å². The number of amides is 1. The summed E-state index contributed by atoms with van der Waals surface area (Å²) in [5.41, 5.74) is 0.487. The lowest BCUT2D eigenvalue weighted by Crippen LogP contribution is -2.26. The van der Waals surface area contributed by atoms with Crippen LogP contribution in [0.3, 0.4) is 0 Å². The molecule has 1 heterocycles. The van der Waals surface area contributed by atoms with E-state index < -0.39 is 11.5 Å². The van der Waals surface area contributed by atoms with E-state index in [2.05, 4.69) is 10.3 Å². The molecule has 7 nitrogen and oxygen atoms in total. The molecule has 0 spiro atoms. The number of methoxy groups -OCH3 is 2. The molecule has 0 aliphatic rings. The molecule has 0 radical (unpaired) electrons. The molecule has 0 saturated carbocycles. The average Bonchev–Trinajstić information content (AvgIpc) is 2.69. The Morgan fingerprint density at radius 1 is 1.04 bits per heavy atom. The SMILES string of the molecule is COc1ccc(C(=O)Nc2nccn(-c3ccccc3OC)c2=O)cc1. The highest BCUT2D eigenvalue weighted by molar-refractivity contribution is 6.03. The molecule has 2 aromatic carbocycles. The molecule has 0 fully saturated rings. The number of aromatic nitrogens is 2. The van der Waals surface area contributed by atoms with Crippen molar-refractivity contribution in [1.29, 1.82) is 0 Å². The van der Waals surface area contributed by atoms with Gasteiger partial charge in [-0.05, 0) is 36.4 Å². The van der Waals surface area contributed by atoms with Gasteiger partial charge in [-0.3, -0.25) is 14.2 Å². The maximum absolute atomic E-state index is 12.7. The number of carbonyl (C=O) groups excluding carboxylic acids is 1. The van der Waals surface area contributed by atoms with E-state index in [1.54, 1.807) is 55.6 Å². The van der Waals surface area contributed by atoms with Gasteiger partial charge in [-0.2, -0.15) is 0 Å². The van der Waals surface area contributed by atoms with Crippen LogP contribution in [0.5, 0.6) is 11.5 Å². The molecule has 3 aromatic rings. The van der Waals surface area contributed by atoms with Gasteiger partial charge in [0.15, 0.2) is 5.82 Å². The molecule has 1 amide bonds. The molecule has 0 saturated heterocycles. The second kappa shape index (κ2) is 7.52. The van der Waals surface area contributed by atoms with Crippen LogP contribution in [-0.2, 0) is 0 Å². The third kappa shape index (κ3) is 3.41. The van der Waals surface area contributed by atoms with E-state index in [0.29, 0.717) is 22.7 Å². The zero-order chi connectivity index (χ0) is 18.5. The first-order valence-corrected chi connectivity index (χ1v) is 7.80. The summed E-state index contributed by atoms with van der Waals surface area (Å²) in [5.74, 6) is 0.667. The monoisotopic (exact) mass is 351 g/mol. The Morgan fingerprint density at radius 3 is 2.46 bits per heavy atom. The summed E-state index contributed by atoms with van der Waals surface area (Å²) in [4.78, 5) is 29.1. The summed E-state index contributed by atoms with van der Waals surface area (Å²) < 4.78 is 11.7. The maximum Gasteiger partial charge on any atom is 0.298 e. The number of nitrogens with zero attached hydrogens (tertiary/aromatic N) is 2. The fourth-order valence-corrected chi connectivity index (χ4v) is 2.44. The lowest BCUT2D eigenvalue weighted by molar-refractivity contribution is 0.102. The van der Waals surface area contributed by atoms with Crippen LogP contribution in [0.4, 0.5) is 5.82 Å². The summed E-state index contributed by atoms with van der Waals surface area (Å²) in [7, 11) is 3.07. The van der Waals surface area contributed by atoms with Gasteiger partial charge in [0.1, 0.15) is 11.5 Å². The van der Waals surface area contributed by atoms with Crippen molar-refractivity contribution in [1.82, 2.24) is 9.55 Å². The van der Waals surface area contributed by atoms with Crippen LogP contribution in [0, 0.1) is 0 Å². The van der Waals surface area contributed by atoms with Gasteiger partial charge in [0.2, 0.25) is 0 Å². The highest BCUT2D eigenvalue weighted by atomic mass is 16.5. The first-order chi connectivity index (χ1) is 12.6. The molecule has 0 unspecified atom stereocenters. The zero-order valence-electron chi connectivity index (χ0n) is 14.3. The molecular weight excluding hydrogens is 334 g/mol. The largest absolute Gasteiger partial charge is 0.497 e. The number of nitrogens with one attached hydrogen (secondary N) is 1. The molecule has 1 aromatic heterocycles. The van der Waals surface area contributed by atoms with Gasteiger partial charge in [-0.25, -0.2) is 4.98 Å². The van der Waals surface area contributed by atoms with Crippen molar-refractivity contribution in [3.63, 3.8) is 0 Å². The van der Waals surface area contributed by atoms with E-state index >= 15 is 0 Å². The molecule has 3 rings (SSSR count). The van der Waals surface area contributed by atoms with E-state index in [-0.39, 0.29) is 5.82 Å².